The van der Waals surface area contributed by atoms with Crippen molar-refractivity contribution in [1.82, 2.24) is 20.2 Å². The Hall–Kier alpha value is -1.99. The Labute approximate surface area is 149 Å². The number of rotatable bonds is 2. The number of tetrazole rings is 1. The number of anilines is 1. The molecule has 4 rings (SSSR count). The van der Waals surface area contributed by atoms with Gasteiger partial charge in [-0.1, -0.05) is 61.2 Å². The van der Waals surface area contributed by atoms with Gasteiger partial charge < -0.3 is 5.32 Å². The van der Waals surface area contributed by atoms with Crippen molar-refractivity contribution in [2.24, 2.45) is 0 Å². The normalized spacial score (nSPS) is 16.4. The maximum absolute atomic E-state index is 4.11. The van der Waals surface area contributed by atoms with Crippen LogP contribution in [0.3, 0.4) is 0 Å². The minimum absolute atomic E-state index is 0.0482. The molecule has 0 aliphatic carbocycles. The van der Waals surface area contributed by atoms with Crippen molar-refractivity contribution < 1.29 is 0 Å². The summed E-state index contributed by atoms with van der Waals surface area (Å²) in [6.07, 6.45) is 2.13. The first-order valence-corrected chi connectivity index (χ1v) is 8.57. The van der Waals surface area contributed by atoms with Crippen LogP contribution in [0.2, 0.25) is 0 Å². The summed E-state index contributed by atoms with van der Waals surface area (Å²) in [5.41, 5.74) is 3.20. The van der Waals surface area contributed by atoms with Crippen LogP contribution in [0.5, 0.6) is 0 Å². The molecule has 1 aromatic heterocycles. The van der Waals surface area contributed by atoms with Crippen molar-refractivity contribution in [3.63, 3.8) is 0 Å². The molecular formula is C16H11Br2N5. The highest BCUT2D eigenvalue weighted by Crippen LogP contribution is 2.32. The number of hydrogen-bond acceptors (Lipinski definition) is 4. The van der Waals surface area contributed by atoms with Crippen LogP contribution in [-0.2, 0) is 0 Å². The lowest BCUT2D eigenvalue weighted by molar-refractivity contribution is 0.586. The third-order valence-corrected chi connectivity index (χ3v) is 4.75. The zero-order chi connectivity index (χ0) is 15.8. The van der Waals surface area contributed by atoms with Crippen molar-refractivity contribution in [3.05, 3.63) is 74.7 Å². The van der Waals surface area contributed by atoms with Gasteiger partial charge in [0.05, 0.1) is 0 Å². The highest BCUT2D eigenvalue weighted by atomic mass is 79.9. The fourth-order valence-corrected chi connectivity index (χ4v) is 3.08. The Bertz CT molecular complexity index is 868. The van der Waals surface area contributed by atoms with E-state index in [-0.39, 0.29) is 6.04 Å². The molecule has 0 amide bonds. The van der Waals surface area contributed by atoms with E-state index in [1.807, 2.05) is 24.3 Å². The van der Waals surface area contributed by atoms with E-state index >= 15 is 0 Å². The molecule has 2 aromatic carbocycles. The van der Waals surface area contributed by atoms with E-state index in [4.69, 9.17) is 0 Å². The molecule has 1 aliphatic heterocycles. The minimum Gasteiger partial charge on any atom is -0.323 e. The molecule has 1 N–H and O–H groups in total. The van der Waals surface area contributed by atoms with Gasteiger partial charge in [0.15, 0.2) is 0 Å². The van der Waals surface area contributed by atoms with Crippen molar-refractivity contribution in [2.45, 2.75) is 6.04 Å². The number of allylic oxidation sites excluding steroid dienone is 1. The fraction of sp³-hybridized carbons (Fsp3) is 0.0625. The largest absolute Gasteiger partial charge is 0.323 e. The van der Waals surface area contributed by atoms with Gasteiger partial charge >= 0.3 is 0 Å². The summed E-state index contributed by atoms with van der Waals surface area (Å²) >= 11 is 6.93. The SMILES string of the molecule is Brc1ccc(C2=C[C@H](c3ccc(Br)cc3)n3nnnc3N2)cc1. The third-order valence-electron chi connectivity index (χ3n) is 3.69. The van der Waals surface area contributed by atoms with Crippen molar-refractivity contribution in [3.8, 4) is 0 Å². The second kappa shape index (κ2) is 5.90. The third kappa shape index (κ3) is 2.82. The minimum atomic E-state index is -0.0482. The van der Waals surface area contributed by atoms with Gasteiger partial charge in [-0.05, 0) is 51.9 Å². The van der Waals surface area contributed by atoms with E-state index in [1.54, 1.807) is 4.68 Å². The van der Waals surface area contributed by atoms with Crippen molar-refractivity contribution in [1.29, 1.82) is 0 Å². The summed E-state index contributed by atoms with van der Waals surface area (Å²) in [4.78, 5) is 0. The highest BCUT2D eigenvalue weighted by molar-refractivity contribution is 9.10. The van der Waals surface area contributed by atoms with E-state index in [1.165, 1.54) is 0 Å². The van der Waals surface area contributed by atoms with Crippen LogP contribution in [0.25, 0.3) is 5.70 Å². The van der Waals surface area contributed by atoms with E-state index in [0.717, 1.165) is 25.8 Å². The molecule has 0 saturated heterocycles. The molecule has 1 aliphatic rings. The number of hydrogen-bond donors (Lipinski definition) is 1. The van der Waals surface area contributed by atoms with Gasteiger partial charge in [-0.3, -0.25) is 0 Å². The molecule has 0 saturated carbocycles. The standard InChI is InChI=1S/C16H11Br2N5/c17-12-5-1-10(2-6-12)14-9-15(11-3-7-13(18)8-4-11)23-16(19-14)20-21-22-23/h1-9,15H,(H,19,20,22)/t15-/m1/s1. The van der Waals surface area contributed by atoms with Gasteiger partial charge in [0.25, 0.3) is 0 Å². The predicted molar refractivity (Wildman–Crippen MR) is 95.8 cm³/mol. The molecular weight excluding hydrogens is 422 g/mol. The van der Waals surface area contributed by atoms with Crippen molar-refractivity contribution >= 4 is 43.5 Å². The zero-order valence-electron chi connectivity index (χ0n) is 11.8. The Morgan fingerprint density at radius 2 is 1.57 bits per heavy atom. The van der Waals surface area contributed by atoms with Gasteiger partial charge in [0, 0.05) is 14.6 Å². The van der Waals surface area contributed by atoms with Crippen molar-refractivity contribution in [2.75, 3.05) is 5.32 Å². The molecule has 5 nitrogen and oxygen atoms in total. The average molecular weight is 433 g/mol. The molecule has 0 bridgehead atoms. The number of nitrogens with one attached hydrogen (secondary N) is 1. The zero-order valence-corrected chi connectivity index (χ0v) is 15.0. The van der Waals surface area contributed by atoms with Gasteiger partial charge in [0.1, 0.15) is 6.04 Å². The number of nitrogens with zero attached hydrogens (tertiary/aromatic N) is 4. The summed E-state index contributed by atoms with van der Waals surface area (Å²) in [5, 5.41) is 15.3. The summed E-state index contributed by atoms with van der Waals surface area (Å²) in [6.45, 7) is 0. The van der Waals surface area contributed by atoms with E-state index in [2.05, 4.69) is 83.0 Å². The van der Waals surface area contributed by atoms with Gasteiger partial charge in [0.2, 0.25) is 5.95 Å². The van der Waals surface area contributed by atoms with Crippen LogP contribution < -0.4 is 5.32 Å². The van der Waals surface area contributed by atoms with Crippen LogP contribution in [0.1, 0.15) is 17.2 Å². The molecule has 114 valence electrons. The molecule has 3 aromatic rings. The molecule has 23 heavy (non-hydrogen) atoms. The highest BCUT2D eigenvalue weighted by Gasteiger charge is 2.24. The lowest BCUT2D eigenvalue weighted by atomic mass is 10.0. The lowest BCUT2D eigenvalue weighted by Crippen LogP contribution is -2.20. The Kier molecular flexibility index (Phi) is 3.74. The maximum Gasteiger partial charge on any atom is 0.248 e. The molecule has 2 heterocycles. The molecule has 0 radical (unpaired) electrons. The topological polar surface area (TPSA) is 55.6 Å². The van der Waals surface area contributed by atoms with Crippen LogP contribution in [0.15, 0.2) is 63.6 Å². The smallest absolute Gasteiger partial charge is 0.248 e. The molecule has 0 spiro atoms. The number of aromatic nitrogens is 4. The van der Waals surface area contributed by atoms with Crippen LogP contribution in [-0.4, -0.2) is 20.2 Å². The first-order chi connectivity index (χ1) is 11.2. The van der Waals surface area contributed by atoms with E-state index in [0.29, 0.717) is 5.95 Å². The molecule has 0 fully saturated rings. The summed E-state index contributed by atoms with van der Waals surface area (Å²) in [5.74, 6) is 0.637. The lowest BCUT2D eigenvalue weighted by Gasteiger charge is -2.23. The van der Waals surface area contributed by atoms with Crippen LogP contribution in [0.4, 0.5) is 5.95 Å². The summed E-state index contributed by atoms with van der Waals surface area (Å²) < 4.78 is 3.88. The maximum atomic E-state index is 4.11. The molecule has 7 heteroatoms. The number of halogens is 2. The number of benzene rings is 2. The monoisotopic (exact) mass is 431 g/mol. The van der Waals surface area contributed by atoms with Crippen LogP contribution in [0, 0.1) is 0 Å². The van der Waals surface area contributed by atoms with Gasteiger partial charge in [-0.25, -0.2) is 0 Å². The quantitative estimate of drug-likeness (QED) is 0.657. The summed E-state index contributed by atoms with van der Waals surface area (Å²) in [6, 6.07) is 16.3. The van der Waals surface area contributed by atoms with E-state index in [9.17, 15) is 0 Å². The fourth-order valence-electron chi connectivity index (χ4n) is 2.55. The molecule has 1 atom stereocenters. The van der Waals surface area contributed by atoms with Gasteiger partial charge in [-0.15, -0.1) is 0 Å². The number of fused-ring (bicyclic) bond motifs is 1. The van der Waals surface area contributed by atoms with E-state index < -0.39 is 0 Å². The first-order valence-electron chi connectivity index (χ1n) is 6.99. The first kappa shape index (κ1) is 14.6. The van der Waals surface area contributed by atoms with Crippen LogP contribution >= 0.6 is 31.9 Å². The molecule has 0 unspecified atom stereocenters. The predicted octanol–water partition coefficient (Wildman–Crippen LogP) is 4.25. The summed E-state index contributed by atoms with van der Waals surface area (Å²) in [7, 11) is 0. The Morgan fingerprint density at radius 3 is 2.26 bits per heavy atom. The second-order valence-electron chi connectivity index (χ2n) is 5.16. The average Bonchev–Trinajstić information content (AvgIpc) is 3.04. The second-order valence-corrected chi connectivity index (χ2v) is 6.99. The Morgan fingerprint density at radius 1 is 0.913 bits per heavy atom. The van der Waals surface area contributed by atoms with Gasteiger partial charge in [-0.2, -0.15) is 4.68 Å². The Balaban J connectivity index is 1.79.